The zero-order chi connectivity index (χ0) is 23.0. The molecule has 1 fully saturated rings. The van der Waals surface area contributed by atoms with Crippen LogP contribution >= 0.6 is 0 Å². The van der Waals surface area contributed by atoms with Crippen LogP contribution in [0, 0.1) is 0 Å². The summed E-state index contributed by atoms with van der Waals surface area (Å²) in [5.41, 5.74) is 0.752. The van der Waals surface area contributed by atoms with Gasteiger partial charge in [-0.05, 0) is 68.3 Å². The van der Waals surface area contributed by atoms with Gasteiger partial charge in [-0.1, -0.05) is 25.8 Å². The molecule has 2 aromatic carbocycles. The molecule has 1 atom stereocenters. The Kier molecular flexibility index (Phi) is 8.41. The van der Waals surface area contributed by atoms with Crippen LogP contribution in [-0.4, -0.2) is 34.2 Å². The molecule has 1 aliphatic carbocycles. The fourth-order valence-corrected chi connectivity index (χ4v) is 4.97. The van der Waals surface area contributed by atoms with E-state index in [-0.39, 0.29) is 17.0 Å². The Hall–Kier alpha value is -2.71. The first-order chi connectivity index (χ1) is 15.4. The van der Waals surface area contributed by atoms with Crippen molar-refractivity contribution in [1.29, 1.82) is 0 Å². The second-order valence-corrected chi connectivity index (χ2v) is 9.83. The summed E-state index contributed by atoms with van der Waals surface area (Å²) in [6, 6.07) is 14.2. The lowest BCUT2D eigenvalue weighted by Crippen LogP contribution is -2.36. The largest absolute Gasteiger partial charge is 0.497 e. The molecule has 0 heterocycles. The summed E-state index contributed by atoms with van der Waals surface area (Å²) in [4.78, 5) is 0.272. The Labute approximate surface area is 191 Å². The molecule has 0 radical (unpaired) electrons. The molecule has 0 aliphatic heterocycles. The van der Waals surface area contributed by atoms with E-state index in [1.54, 1.807) is 31.4 Å². The number of rotatable bonds is 11. The van der Waals surface area contributed by atoms with Gasteiger partial charge in [0.2, 0.25) is 10.0 Å². The molecule has 1 unspecified atom stereocenters. The van der Waals surface area contributed by atoms with Gasteiger partial charge >= 0.3 is 0 Å². The first kappa shape index (κ1) is 23.9. The second-order valence-electron chi connectivity index (χ2n) is 8.12. The van der Waals surface area contributed by atoms with Crippen molar-refractivity contribution >= 4 is 15.7 Å². The van der Waals surface area contributed by atoms with Gasteiger partial charge in [0, 0.05) is 11.7 Å². The molecule has 0 spiro atoms. The summed E-state index contributed by atoms with van der Waals surface area (Å²) in [6.45, 7) is 6.44. The van der Waals surface area contributed by atoms with E-state index in [1.165, 1.54) is 6.42 Å². The smallest absolute Gasteiger partial charge is 0.240 e. The zero-order valence-electron chi connectivity index (χ0n) is 18.8. The lowest BCUT2D eigenvalue weighted by Gasteiger charge is -2.22. The highest BCUT2D eigenvalue weighted by atomic mass is 32.2. The maximum atomic E-state index is 12.6. The van der Waals surface area contributed by atoms with Crippen LogP contribution in [0.1, 0.15) is 39.0 Å². The highest BCUT2D eigenvalue weighted by molar-refractivity contribution is 7.89. The summed E-state index contributed by atoms with van der Waals surface area (Å²) in [6.07, 6.45) is 5.15. The Morgan fingerprint density at radius 2 is 1.66 bits per heavy atom. The van der Waals surface area contributed by atoms with Gasteiger partial charge in [0.15, 0.2) is 0 Å². The third-order valence-electron chi connectivity index (χ3n) is 5.37. The Morgan fingerprint density at radius 3 is 2.28 bits per heavy atom. The van der Waals surface area contributed by atoms with Crippen LogP contribution in [0.25, 0.3) is 0 Å². The molecule has 3 rings (SSSR count). The van der Waals surface area contributed by atoms with Crippen molar-refractivity contribution in [3.05, 3.63) is 60.9 Å². The van der Waals surface area contributed by atoms with Crippen LogP contribution in [-0.2, 0) is 10.0 Å². The molecule has 0 aromatic heterocycles. The summed E-state index contributed by atoms with van der Waals surface area (Å²) in [5.74, 6) is 2.15. The fourth-order valence-electron chi connectivity index (χ4n) is 3.67. The van der Waals surface area contributed by atoms with E-state index in [0.717, 1.165) is 42.9 Å². The summed E-state index contributed by atoms with van der Waals surface area (Å²) in [5, 5.41) is 6.39. The van der Waals surface area contributed by atoms with Gasteiger partial charge in [0.05, 0.1) is 23.9 Å². The lowest BCUT2D eigenvalue weighted by atomic mass is 9.96. The molecule has 8 heteroatoms. The summed E-state index contributed by atoms with van der Waals surface area (Å²) in [7, 11) is -1.88. The molecule has 0 saturated heterocycles. The third-order valence-corrected chi connectivity index (χ3v) is 6.90. The van der Waals surface area contributed by atoms with Gasteiger partial charge < -0.3 is 20.1 Å². The van der Waals surface area contributed by atoms with Crippen LogP contribution in [0.2, 0.25) is 0 Å². The van der Waals surface area contributed by atoms with Crippen molar-refractivity contribution < 1.29 is 17.9 Å². The first-order valence-electron chi connectivity index (χ1n) is 11.0. The predicted molar refractivity (Wildman–Crippen MR) is 127 cm³/mol. The van der Waals surface area contributed by atoms with E-state index >= 15 is 0 Å². The van der Waals surface area contributed by atoms with Crippen molar-refractivity contribution in [1.82, 2.24) is 10.0 Å². The Bertz CT molecular complexity index is 969. The van der Waals surface area contributed by atoms with E-state index in [1.807, 2.05) is 31.2 Å². The van der Waals surface area contributed by atoms with Gasteiger partial charge in [-0.3, -0.25) is 0 Å². The predicted octanol–water partition coefficient (Wildman–Crippen LogP) is 4.25. The molecule has 1 aliphatic rings. The van der Waals surface area contributed by atoms with Crippen molar-refractivity contribution in [2.24, 2.45) is 0 Å². The number of benzene rings is 2. The summed E-state index contributed by atoms with van der Waals surface area (Å²) < 4.78 is 39.0. The van der Waals surface area contributed by atoms with Gasteiger partial charge in [0.1, 0.15) is 18.1 Å². The van der Waals surface area contributed by atoms with E-state index in [2.05, 4.69) is 21.9 Å². The number of hydrogen-bond donors (Lipinski definition) is 3. The number of hydrogen-bond acceptors (Lipinski definition) is 6. The molecule has 2 aromatic rings. The molecule has 32 heavy (non-hydrogen) atoms. The van der Waals surface area contributed by atoms with Crippen LogP contribution < -0.4 is 24.8 Å². The maximum absolute atomic E-state index is 12.6. The molecule has 0 amide bonds. The minimum absolute atomic E-state index is 0.0106. The van der Waals surface area contributed by atoms with Gasteiger partial charge in [-0.15, -0.1) is 0 Å². The molecular weight excluding hydrogens is 426 g/mol. The topological polar surface area (TPSA) is 88.7 Å². The second kappa shape index (κ2) is 11.2. The van der Waals surface area contributed by atoms with E-state index in [9.17, 15) is 8.42 Å². The lowest BCUT2D eigenvalue weighted by molar-refractivity contribution is 0.281. The number of sulfonamides is 1. The Balaban J connectivity index is 1.46. The van der Waals surface area contributed by atoms with Crippen LogP contribution in [0.15, 0.2) is 65.8 Å². The van der Waals surface area contributed by atoms with Crippen LogP contribution in [0.3, 0.4) is 0 Å². The van der Waals surface area contributed by atoms with Gasteiger partial charge in [-0.2, -0.15) is 0 Å². The van der Waals surface area contributed by atoms with Gasteiger partial charge in [-0.25, -0.2) is 13.1 Å². The zero-order valence-corrected chi connectivity index (χ0v) is 19.6. The average molecular weight is 460 g/mol. The molecule has 174 valence electrons. The SMILES string of the molecule is C=C(Nc1ccc(S(=O)(=O)NC2CCCCC2)cc1)NC(C)COc1ccc(OC)cc1. The van der Waals surface area contributed by atoms with Crippen molar-refractivity contribution in [2.75, 3.05) is 19.0 Å². The van der Waals surface area contributed by atoms with E-state index in [4.69, 9.17) is 9.47 Å². The average Bonchev–Trinajstić information content (AvgIpc) is 2.78. The molecule has 1 saturated carbocycles. The number of ether oxygens (including phenoxy) is 2. The number of anilines is 1. The molecule has 7 nitrogen and oxygen atoms in total. The number of methoxy groups -OCH3 is 1. The fraction of sp³-hybridized carbons (Fsp3) is 0.417. The highest BCUT2D eigenvalue weighted by Gasteiger charge is 2.21. The van der Waals surface area contributed by atoms with Crippen molar-refractivity contribution in [2.45, 2.75) is 56.0 Å². The van der Waals surface area contributed by atoms with E-state index in [0.29, 0.717) is 12.4 Å². The standard InChI is InChI=1S/C24H33N3O4S/c1-18(17-31-23-13-11-22(30-3)12-14-23)25-19(2)26-20-9-15-24(16-10-20)32(28,29)27-21-7-5-4-6-8-21/h9-16,18,21,25-27H,2,4-8,17H2,1,3H3. The molecule has 3 N–H and O–H groups in total. The molecule has 0 bridgehead atoms. The van der Waals surface area contributed by atoms with E-state index < -0.39 is 10.0 Å². The normalized spacial score (nSPS) is 15.6. The Morgan fingerprint density at radius 1 is 1.03 bits per heavy atom. The van der Waals surface area contributed by atoms with Crippen LogP contribution in [0.4, 0.5) is 5.69 Å². The quantitative estimate of drug-likeness (QED) is 0.466. The summed E-state index contributed by atoms with van der Waals surface area (Å²) >= 11 is 0. The maximum Gasteiger partial charge on any atom is 0.240 e. The first-order valence-corrected chi connectivity index (χ1v) is 12.5. The minimum atomic E-state index is -3.50. The third kappa shape index (κ3) is 7.17. The van der Waals surface area contributed by atoms with Crippen molar-refractivity contribution in [3.8, 4) is 11.5 Å². The monoisotopic (exact) mass is 459 g/mol. The molecular formula is C24H33N3O4S. The highest BCUT2D eigenvalue weighted by Crippen LogP contribution is 2.21. The van der Waals surface area contributed by atoms with Crippen molar-refractivity contribution in [3.63, 3.8) is 0 Å². The minimum Gasteiger partial charge on any atom is -0.497 e. The number of nitrogens with one attached hydrogen (secondary N) is 3. The van der Waals surface area contributed by atoms with Gasteiger partial charge in [0.25, 0.3) is 0 Å². The van der Waals surface area contributed by atoms with Crippen LogP contribution in [0.5, 0.6) is 11.5 Å².